The van der Waals surface area contributed by atoms with Gasteiger partial charge in [0.25, 0.3) is 21.3 Å². The first kappa shape index (κ1) is 23.5. The summed E-state index contributed by atoms with van der Waals surface area (Å²) in [6, 6.07) is 12.4. The monoisotopic (exact) mass is 487 g/mol. The number of hydrogen-bond donors (Lipinski definition) is 2. The Labute approximate surface area is 196 Å². The fraction of sp³-hybridized carbons (Fsp3) is 0.318. The molecule has 2 aromatic carbocycles. The summed E-state index contributed by atoms with van der Waals surface area (Å²) in [5, 5.41) is 21.7. The Kier molecular flexibility index (Phi) is 6.19. The second-order valence-electron chi connectivity index (χ2n) is 8.19. The maximum absolute atomic E-state index is 13.1. The second-order valence-corrected chi connectivity index (χ2v) is 9.87. The third-order valence-electron chi connectivity index (χ3n) is 5.98. The highest BCUT2D eigenvalue weighted by molar-refractivity contribution is 7.92. The molecule has 2 heterocycles. The van der Waals surface area contributed by atoms with Gasteiger partial charge in [0, 0.05) is 26.2 Å². The van der Waals surface area contributed by atoms with E-state index in [1.165, 1.54) is 21.5 Å². The zero-order chi connectivity index (χ0) is 24.6. The topological polar surface area (TPSA) is 140 Å². The summed E-state index contributed by atoms with van der Waals surface area (Å²) in [5.74, 6) is 0. The first-order valence-corrected chi connectivity index (χ1v) is 12.2. The number of β-amino-alcohol motifs (C(OH)–C–C–N with tert-alkyl or cyclic N) is 1. The van der Waals surface area contributed by atoms with Crippen LogP contribution < -0.4 is 15.2 Å². The van der Waals surface area contributed by atoms with Gasteiger partial charge in [-0.05, 0) is 44.0 Å². The molecule has 180 valence electrons. The number of piperidine rings is 1. The molecule has 2 N–H and O–H groups in total. The average Bonchev–Trinajstić information content (AvgIpc) is 3.02. The number of nitro groups is 1. The van der Waals surface area contributed by atoms with Gasteiger partial charge in [-0.3, -0.25) is 24.3 Å². The molecule has 1 saturated heterocycles. The molecular weight excluding hydrogens is 462 g/mol. The lowest BCUT2D eigenvalue weighted by atomic mass is 10.1. The van der Waals surface area contributed by atoms with Crippen molar-refractivity contribution in [1.29, 1.82) is 0 Å². The van der Waals surface area contributed by atoms with Gasteiger partial charge in [0.2, 0.25) is 0 Å². The number of rotatable bonds is 6. The van der Waals surface area contributed by atoms with Gasteiger partial charge in [0.1, 0.15) is 11.4 Å². The number of nitrogens with zero attached hydrogens (tertiary/aromatic N) is 4. The number of aliphatic hydroxyl groups is 1. The van der Waals surface area contributed by atoms with Gasteiger partial charge in [-0.15, -0.1) is 0 Å². The summed E-state index contributed by atoms with van der Waals surface area (Å²) in [6.07, 6.45) is 0.671. The summed E-state index contributed by atoms with van der Waals surface area (Å²) in [6.45, 7) is 2.35. The highest BCUT2D eigenvalue weighted by atomic mass is 32.2. The summed E-state index contributed by atoms with van der Waals surface area (Å²) in [5.41, 5.74) is 0.0898. The van der Waals surface area contributed by atoms with Crippen LogP contribution in [0.15, 0.2) is 58.2 Å². The van der Waals surface area contributed by atoms with Gasteiger partial charge in [-0.25, -0.2) is 13.1 Å². The molecule has 3 aromatic rings. The predicted octanol–water partition coefficient (Wildman–Crippen LogP) is 2.15. The number of aliphatic hydroxyl groups excluding tert-OH is 1. The molecule has 0 aliphatic carbocycles. The molecule has 0 amide bonds. The maximum Gasteiger partial charge on any atom is 0.296 e. The van der Waals surface area contributed by atoms with E-state index in [4.69, 9.17) is 0 Å². The van der Waals surface area contributed by atoms with Crippen LogP contribution >= 0.6 is 0 Å². The lowest BCUT2D eigenvalue weighted by Crippen LogP contribution is -2.38. The van der Waals surface area contributed by atoms with Crippen LogP contribution in [0.4, 0.5) is 17.1 Å². The fourth-order valence-corrected chi connectivity index (χ4v) is 5.27. The molecule has 0 radical (unpaired) electrons. The quantitative estimate of drug-likeness (QED) is 0.401. The van der Waals surface area contributed by atoms with Gasteiger partial charge >= 0.3 is 0 Å². The summed E-state index contributed by atoms with van der Waals surface area (Å²) >= 11 is 0. The van der Waals surface area contributed by atoms with E-state index < -0.39 is 26.6 Å². The van der Waals surface area contributed by atoms with Gasteiger partial charge in [0.15, 0.2) is 0 Å². The van der Waals surface area contributed by atoms with Gasteiger partial charge < -0.3 is 10.0 Å². The Morgan fingerprint density at radius 2 is 1.88 bits per heavy atom. The highest BCUT2D eigenvalue weighted by Crippen LogP contribution is 2.33. The van der Waals surface area contributed by atoms with Crippen LogP contribution in [0.1, 0.15) is 18.5 Å². The lowest BCUT2D eigenvalue weighted by molar-refractivity contribution is -0.384. The molecule has 11 nitrogen and oxygen atoms in total. The van der Waals surface area contributed by atoms with Gasteiger partial charge in [-0.2, -0.15) is 0 Å². The molecule has 1 aromatic heterocycles. The number of benzene rings is 2. The molecule has 1 unspecified atom stereocenters. The van der Waals surface area contributed by atoms with Crippen LogP contribution in [0, 0.1) is 17.0 Å². The van der Waals surface area contributed by atoms with Crippen LogP contribution in [0.3, 0.4) is 0 Å². The minimum atomic E-state index is -4.31. The Bertz CT molecular complexity index is 1400. The van der Waals surface area contributed by atoms with Crippen molar-refractivity contribution in [2.75, 3.05) is 22.7 Å². The van der Waals surface area contributed by atoms with Crippen LogP contribution in [0.25, 0.3) is 5.69 Å². The third kappa shape index (κ3) is 4.29. The van der Waals surface area contributed by atoms with E-state index in [-0.39, 0.29) is 28.5 Å². The summed E-state index contributed by atoms with van der Waals surface area (Å²) < 4.78 is 31.4. The highest BCUT2D eigenvalue weighted by Gasteiger charge is 2.28. The third-order valence-corrected chi connectivity index (χ3v) is 7.33. The molecule has 0 spiro atoms. The Balaban J connectivity index is 1.72. The van der Waals surface area contributed by atoms with Crippen LogP contribution in [-0.2, 0) is 17.1 Å². The number of nitrogens with one attached hydrogen (secondary N) is 1. The predicted molar refractivity (Wildman–Crippen MR) is 127 cm³/mol. The zero-order valence-corrected chi connectivity index (χ0v) is 19.5. The number of aromatic nitrogens is 2. The van der Waals surface area contributed by atoms with E-state index in [1.807, 2.05) is 0 Å². The van der Waals surface area contributed by atoms with E-state index in [9.17, 15) is 28.4 Å². The van der Waals surface area contributed by atoms with Gasteiger partial charge in [-0.1, -0.05) is 18.2 Å². The van der Waals surface area contributed by atoms with E-state index in [0.717, 1.165) is 6.07 Å². The van der Waals surface area contributed by atoms with Crippen molar-refractivity contribution in [2.45, 2.75) is 30.8 Å². The number of anilines is 2. The Hall–Kier alpha value is -3.64. The Morgan fingerprint density at radius 3 is 2.53 bits per heavy atom. The van der Waals surface area contributed by atoms with Crippen molar-refractivity contribution >= 4 is 27.1 Å². The normalized spacial score (nSPS) is 16.4. The van der Waals surface area contributed by atoms with Crippen molar-refractivity contribution in [3.63, 3.8) is 0 Å². The smallest absolute Gasteiger partial charge is 0.296 e. The number of nitro benzene ring substituents is 1. The molecule has 1 aliphatic heterocycles. The summed E-state index contributed by atoms with van der Waals surface area (Å²) in [4.78, 5) is 25.5. The maximum atomic E-state index is 13.1. The molecule has 0 saturated carbocycles. The SMILES string of the molecule is Cc1c(NS(=O)(=O)c2ccc(N3CCCC(O)C3)c([N+](=O)[O-])c2)c(=O)n(-c2ccccc2)n1C. The average molecular weight is 488 g/mol. The molecule has 34 heavy (non-hydrogen) atoms. The number of para-hydroxylation sites is 1. The molecule has 12 heteroatoms. The minimum absolute atomic E-state index is 0.141. The molecular formula is C22H25N5O6S. The van der Waals surface area contributed by atoms with Crippen LogP contribution in [0.5, 0.6) is 0 Å². The molecule has 4 rings (SSSR count). The van der Waals surface area contributed by atoms with E-state index in [0.29, 0.717) is 30.8 Å². The van der Waals surface area contributed by atoms with E-state index >= 15 is 0 Å². The Morgan fingerprint density at radius 1 is 1.18 bits per heavy atom. The minimum Gasteiger partial charge on any atom is -0.391 e. The second kappa shape index (κ2) is 8.95. The number of hydrogen-bond acceptors (Lipinski definition) is 7. The molecule has 1 fully saturated rings. The first-order chi connectivity index (χ1) is 16.1. The summed E-state index contributed by atoms with van der Waals surface area (Å²) in [7, 11) is -2.67. The van der Waals surface area contributed by atoms with E-state index in [1.54, 1.807) is 49.2 Å². The van der Waals surface area contributed by atoms with Crippen molar-refractivity contribution in [2.24, 2.45) is 7.05 Å². The van der Waals surface area contributed by atoms with Gasteiger partial charge in [0.05, 0.1) is 27.3 Å². The largest absolute Gasteiger partial charge is 0.391 e. The van der Waals surface area contributed by atoms with Crippen molar-refractivity contribution in [1.82, 2.24) is 9.36 Å². The van der Waals surface area contributed by atoms with Crippen molar-refractivity contribution in [3.05, 3.63) is 74.7 Å². The number of sulfonamides is 1. The standard InChI is InChI=1S/C22H25N5O6S/c1-15-21(22(29)26(24(15)2)16-7-4-3-5-8-16)23-34(32,33)18-10-11-19(20(13-18)27(30)31)25-12-6-9-17(28)14-25/h3-5,7-8,10-11,13,17,23,28H,6,9,12,14H2,1-2H3. The van der Waals surface area contributed by atoms with Crippen molar-refractivity contribution in [3.8, 4) is 5.69 Å². The van der Waals surface area contributed by atoms with Crippen LogP contribution in [0.2, 0.25) is 0 Å². The molecule has 0 bridgehead atoms. The molecule has 1 aliphatic rings. The van der Waals surface area contributed by atoms with Crippen LogP contribution in [-0.4, -0.2) is 47.0 Å². The van der Waals surface area contributed by atoms with E-state index in [2.05, 4.69) is 4.72 Å². The molecule has 1 atom stereocenters. The lowest BCUT2D eigenvalue weighted by Gasteiger charge is -2.31. The fourth-order valence-electron chi connectivity index (χ4n) is 4.14. The first-order valence-electron chi connectivity index (χ1n) is 10.7. The van der Waals surface area contributed by atoms with Crippen molar-refractivity contribution < 1.29 is 18.4 Å². The zero-order valence-electron chi connectivity index (χ0n) is 18.7.